The van der Waals surface area contributed by atoms with Crippen LogP contribution in [0.3, 0.4) is 0 Å². The van der Waals surface area contributed by atoms with Gasteiger partial charge in [0.25, 0.3) is 5.91 Å². The molecule has 6 heteroatoms. The lowest BCUT2D eigenvalue weighted by atomic mass is 10.1. The fourth-order valence-electron chi connectivity index (χ4n) is 3.33. The normalized spacial score (nSPS) is 14.5. The van der Waals surface area contributed by atoms with Crippen molar-refractivity contribution in [3.8, 4) is 5.75 Å². The summed E-state index contributed by atoms with van der Waals surface area (Å²) in [7, 11) is 0. The molecule has 1 heterocycles. The van der Waals surface area contributed by atoms with Gasteiger partial charge in [0, 0.05) is 36.8 Å². The highest BCUT2D eigenvalue weighted by atomic mass is 35.5. The predicted molar refractivity (Wildman–Crippen MR) is 110 cm³/mol. The monoisotopic (exact) mass is 400 g/mol. The van der Waals surface area contributed by atoms with E-state index >= 15 is 0 Å². The molecule has 0 unspecified atom stereocenters. The van der Waals surface area contributed by atoms with Crippen molar-refractivity contribution in [3.05, 3.63) is 64.7 Å². The van der Waals surface area contributed by atoms with Gasteiger partial charge < -0.3 is 14.5 Å². The van der Waals surface area contributed by atoms with E-state index < -0.39 is 0 Å². The Labute approximate surface area is 170 Å². The highest BCUT2D eigenvalue weighted by molar-refractivity contribution is 6.30. The molecule has 0 N–H and O–H groups in total. The van der Waals surface area contributed by atoms with Gasteiger partial charge in [-0.15, -0.1) is 0 Å². The maximum absolute atomic E-state index is 12.7. The Morgan fingerprint density at radius 2 is 1.71 bits per heavy atom. The molecule has 0 aliphatic carbocycles. The van der Waals surface area contributed by atoms with Crippen LogP contribution < -0.4 is 4.74 Å². The number of rotatable bonds is 5. The summed E-state index contributed by atoms with van der Waals surface area (Å²) in [6, 6.07) is 14.6. The lowest BCUT2D eigenvalue weighted by Gasteiger charge is -2.22. The number of nitrogens with zero attached hydrogens (tertiary/aromatic N) is 2. The molecule has 5 nitrogen and oxygen atoms in total. The van der Waals surface area contributed by atoms with Crippen molar-refractivity contribution in [3.63, 3.8) is 0 Å². The maximum Gasteiger partial charge on any atom is 0.253 e. The van der Waals surface area contributed by atoms with E-state index in [-0.39, 0.29) is 11.8 Å². The Kier molecular flexibility index (Phi) is 6.93. The zero-order chi connectivity index (χ0) is 19.9. The molecule has 0 spiro atoms. The van der Waals surface area contributed by atoms with Crippen molar-refractivity contribution < 1.29 is 14.3 Å². The van der Waals surface area contributed by atoms with Crippen molar-refractivity contribution in [2.45, 2.75) is 19.8 Å². The Morgan fingerprint density at radius 3 is 2.43 bits per heavy atom. The minimum absolute atomic E-state index is 0.0386. The van der Waals surface area contributed by atoms with Gasteiger partial charge >= 0.3 is 0 Å². The van der Waals surface area contributed by atoms with Crippen LogP contribution in [0.25, 0.3) is 0 Å². The van der Waals surface area contributed by atoms with E-state index in [1.807, 2.05) is 36.1 Å². The number of carbonyl (C=O) groups excluding carboxylic acids is 2. The Balaban J connectivity index is 1.56. The highest BCUT2D eigenvalue weighted by Crippen LogP contribution is 2.16. The predicted octanol–water partition coefficient (Wildman–Crippen LogP) is 3.66. The number of hydrogen-bond donors (Lipinski definition) is 0. The van der Waals surface area contributed by atoms with Gasteiger partial charge in [-0.3, -0.25) is 9.59 Å². The maximum atomic E-state index is 12.7. The highest BCUT2D eigenvalue weighted by Gasteiger charge is 2.23. The number of amides is 2. The number of ether oxygens (including phenoxy) is 1. The average Bonchev–Trinajstić information content (AvgIpc) is 2.95. The number of hydrogen-bond acceptors (Lipinski definition) is 3. The minimum Gasteiger partial charge on any atom is -0.494 e. The first-order valence-corrected chi connectivity index (χ1v) is 9.99. The second-order valence-corrected chi connectivity index (χ2v) is 7.23. The number of benzene rings is 2. The summed E-state index contributed by atoms with van der Waals surface area (Å²) in [4.78, 5) is 29.1. The van der Waals surface area contributed by atoms with Crippen LogP contribution in [0.4, 0.5) is 0 Å². The number of halogens is 1. The lowest BCUT2D eigenvalue weighted by Crippen LogP contribution is -2.38. The first kappa shape index (κ1) is 20.2. The second-order valence-electron chi connectivity index (χ2n) is 6.79. The van der Waals surface area contributed by atoms with Crippen LogP contribution in [0.15, 0.2) is 48.5 Å². The van der Waals surface area contributed by atoms with E-state index in [1.165, 1.54) is 0 Å². The van der Waals surface area contributed by atoms with Crippen molar-refractivity contribution in [2.75, 3.05) is 32.8 Å². The third-order valence-corrected chi connectivity index (χ3v) is 5.03. The van der Waals surface area contributed by atoms with Crippen molar-refractivity contribution in [2.24, 2.45) is 0 Å². The number of carbonyl (C=O) groups is 2. The molecule has 1 aliphatic rings. The lowest BCUT2D eigenvalue weighted by molar-refractivity contribution is -0.130. The fraction of sp³-hybridized carbons (Fsp3) is 0.364. The second kappa shape index (κ2) is 9.60. The molecule has 0 saturated carbocycles. The zero-order valence-electron chi connectivity index (χ0n) is 16.1. The summed E-state index contributed by atoms with van der Waals surface area (Å²) >= 11 is 6.00. The van der Waals surface area contributed by atoms with E-state index in [9.17, 15) is 9.59 Å². The molecular weight excluding hydrogens is 376 g/mol. The van der Waals surface area contributed by atoms with E-state index in [2.05, 4.69) is 0 Å². The third kappa shape index (κ3) is 5.26. The first-order valence-electron chi connectivity index (χ1n) is 9.61. The van der Waals surface area contributed by atoms with Crippen LogP contribution in [-0.4, -0.2) is 54.4 Å². The van der Waals surface area contributed by atoms with Crippen LogP contribution >= 0.6 is 11.6 Å². The average molecular weight is 401 g/mol. The smallest absolute Gasteiger partial charge is 0.253 e. The molecule has 0 aromatic heterocycles. The molecule has 3 rings (SSSR count). The molecule has 0 atom stereocenters. The van der Waals surface area contributed by atoms with Crippen molar-refractivity contribution in [1.82, 2.24) is 9.80 Å². The molecule has 0 radical (unpaired) electrons. The van der Waals surface area contributed by atoms with Gasteiger partial charge in [-0.25, -0.2) is 0 Å². The fourth-order valence-corrected chi connectivity index (χ4v) is 3.52. The van der Waals surface area contributed by atoms with Crippen LogP contribution in [0.2, 0.25) is 5.02 Å². The SMILES string of the molecule is CCOc1ccc(CC(=O)N2CCCN(C(=O)c3cccc(Cl)c3)CC2)cc1. The van der Waals surface area contributed by atoms with Gasteiger partial charge in [-0.2, -0.15) is 0 Å². The van der Waals surface area contributed by atoms with E-state index in [0.29, 0.717) is 49.8 Å². The van der Waals surface area contributed by atoms with Gasteiger partial charge in [-0.05, 0) is 49.2 Å². The Bertz CT molecular complexity index is 823. The van der Waals surface area contributed by atoms with Crippen LogP contribution in [0.1, 0.15) is 29.3 Å². The molecular formula is C22H25ClN2O3. The molecule has 1 saturated heterocycles. The van der Waals surface area contributed by atoms with Crippen LogP contribution in [0, 0.1) is 0 Å². The summed E-state index contributed by atoms with van der Waals surface area (Å²) in [5, 5.41) is 0.549. The summed E-state index contributed by atoms with van der Waals surface area (Å²) < 4.78 is 5.44. The molecule has 0 bridgehead atoms. The van der Waals surface area contributed by atoms with Gasteiger partial charge in [0.2, 0.25) is 5.91 Å². The third-order valence-electron chi connectivity index (χ3n) is 4.80. The molecule has 1 aliphatic heterocycles. The van der Waals surface area contributed by atoms with E-state index in [1.54, 1.807) is 29.2 Å². The standard InChI is InChI=1S/C22H25ClN2O3/c1-2-28-20-9-7-17(8-10-20)15-21(26)24-11-4-12-25(14-13-24)22(27)18-5-3-6-19(23)16-18/h3,5-10,16H,2,4,11-15H2,1H3. The quantitative estimate of drug-likeness (QED) is 0.769. The van der Waals surface area contributed by atoms with Crippen LogP contribution in [0.5, 0.6) is 5.75 Å². The Hall–Kier alpha value is -2.53. The van der Waals surface area contributed by atoms with Crippen molar-refractivity contribution in [1.29, 1.82) is 0 Å². The topological polar surface area (TPSA) is 49.9 Å². The summed E-state index contributed by atoms with van der Waals surface area (Å²) in [6.45, 7) is 4.93. The van der Waals surface area contributed by atoms with Gasteiger partial charge in [-0.1, -0.05) is 29.8 Å². The van der Waals surface area contributed by atoms with Crippen molar-refractivity contribution >= 4 is 23.4 Å². The first-order chi connectivity index (χ1) is 13.6. The summed E-state index contributed by atoms with van der Waals surface area (Å²) in [5.41, 5.74) is 1.55. The van der Waals surface area contributed by atoms with Gasteiger partial charge in [0.15, 0.2) is 0 Å². The van der Waals surface area contributed by atoms with Gasteiger partial charge in [0.1, 0.15) is 5.75 Å². The Morgan fingerprint density at radius 1 is 1.00 bits per heavy atom. The van der Waals surface area contributed by atoms with E-state index in [4.69, 9.17) is 16.3 Å². The zero-order valence-corrected chi connectivity index (χ0v) is 16.8. The summed E-state index contributed by atoms with van der Waals surface area (Å²) in [6.07, 6.45) is 1.12. The molecule has 148 valence electrons. The molecule has 1 fully saturated rings. The minimum atomic E-state index is -0.0386. The molecule has 2 aromatic rings. The van der Waals surface area contributed by atoms with Crippen LogP contribution in [-0.2, 0) is 11.2 Å². The summed E-state index contributed by atoms with van der Waals surface area (Å²) in [5.74, 6) is 0.855. The van der Waals surface area contributed by atoms with E-state index in [0.717, 1.165) is 17.7 Å². The molecule has 2 amide bonds. The largest absolute Gasteiger partial charge is 0.494 e. The van der Waals surface area contributed by atoms with Gasteiger partial charge in [0.05, 0.1) is 13.0 Å². The molecule has 28 heavy (non-hydrogen) atoms. The molecule has 2 aromatic carbocycles.